The fourth-order valence-corrected chi connectivity index (χ4v) is 3.29. The number of hydrogen-bond acceptors (Lipinski definition) is 7. The van der Waals surface area contributed by atoms with Gasteiger partial charge in [0.25, 0.3) is 0 Å². The van der Waals surface area contributed by atoms with Crippen molar-refractivity contribution < 1.29 is 29.9 Å². The minimum atomic E-state index is -1.29. The maximum Gasteiger partial charge on any atom is 0.218 e. The summed E-state index contributed by atoms with van der Waals surface area (Å²) >= 11 is 3.42. The maximum atomic E-state index is 10.2. The summed E-state index contributed by atoms with van der Waals surface area (Å²) in [7, 11) is 0. The molecular formula is C17H20BrNO6. The Morgan fingerprint density at radius 1 is 1.04 bits per heavy atom. The average molecular weight is 414 g/mol. The summed E-state index contributed by atoms with van der Waals surface area (Å²) in [5.41, 5.74) is 0. The lowest BCUT2D eigenvalue weighted by atomic mass is 9.97. The summed E-state index contributed by atoms with van der Waals surface area (Å²) in [6.45, 7) is -0.886. The fraction of sp³-hybridized carbons (Fsp3) is 0.412. The molecule has 0 saturated carbocycles. The van der Waals surface area contributed by atoms with Gasteiger partial charge in [0.1, 0.15) is 30.1 Å². The minimum absolute atomic E-state index is 0.423. The molecule has 25 heavy (non-hydrogen) atoms. The van der Waals surface area contributed by atoms with E-state index in [1.807, 2.05) is 30.3 Å². The van der Waals surface area contributed by atoms with E-state index in [-0.39, 0.29) is 0 Å². The molecule has 7 nitrogen and oxygen atoms in total. The van der Waals surface area contributed by atoms with Gasteiger partial charge in [0.2, 0.25) is 6.29 Å². The Labute approximate surface area is 152 Å². The van der Waals surface area contributed by atoms with Gasteiger partial charge in [-0.05, 0) is 35.0 Å². The summed E-state index contributed by atoms with van der Waals surface area (Å²) in [5.74, 6) is 0.504. The van der Waals surface area contributed by atoms with E-state index >= 15 is 0 Å². The van der Waals surface area contributed by atoms with Gasteiger partial charge in [-0.3, -0.25) is 5.32 Å². The second kappa shape index (κ2) is 7.96. The van der Waals surface area contributed by atoms with Crippen LogP contribution in [-0.2, 0) is 4.74 Å². The molecule has 0 radical (unpaired) electrons. The third kappa shape index (κ3) is 3.95. The van der Waals surface area contributed by atoms with E-state index in [1.54, 1.807) is 6.07 Å². The molecular weight excluding hydrogens is 394 g/mol. The lowest BCUT2D eigenvalue weighted by Crippen LogP contribution is -2.64. The Morgan fingerprint density at radius 3 is 2.48 bits per heavy atom. The monoisotopic (exact) mass is 413 g/mol. The molecule has 1 fully saturated rings. The van der Waals surface area contributed by atoms with Gasteiger partial charge < -0.3 is 29.9 Å². The number of rotatable bonds is 5. The Hall–Kier alpha value is -1.26. The zero-order valence-corrected chi connectivity index (χ0v) is 14.8. The third-order valence-corrected chi connectivity index (χ3v) is 4.73. The molecule has 0 bridgehead atoms. The van der Waals surface area contributed by atoms with Gasteiger partial charge in [-0.25, -0.2) is 0 Å². The summed E-state index contributed by atoms with van der Waals surface area (Å²) < 4.78 is 12.3. The molecule has 1 aliphatic heterocycles. The molecule has 5 atom stereocenters. The van der Waals surface area contributed by atoms with Crippen LogP contribution in [0.4, 0.5) is 0 Å². The average Bonchev–Trinajstić information content (AvgIpc) is 2.61. The SMILES string of the molecule is OCNC1C(Oc2ccc3cc(Br)ccc3c2)OC(CO)C(O)C1O. The molecule has 2 aromatic rings. The molecule has 8 heteroatoms. The Kier molecular flexibility index (Phi) is 5.90. The van der Waals surface area contributed by atoms with Gasteiger partial charge in [-0.15, -0.1) is 0 Å². The lowest BCUT2D eigenvalue weighted by molar-refractivity contribution is -0.246. The van der Waals surface area contributed by atoms with Gasteiger partial charge in [0.15, 0.2) is 0 Å². The van der Waals surface area contributed by atoms with Gasteiger partial charge >= 0.3 is 0 Å². The first-order valence-corrected chi connectivity index (χ1v) is 8.65. The number of aliphatic hydroxyl groups excluding tert-OH is 4. The lowest BCUT2D eigenvalue weighted by Gasteiger charge is -2.42. The molecule has 2 aromatic carbocycles. The molecule has 0 aromatic heterocycles. The van der Waals surface area contributed by atoms with Crippen molar-refractivity contribution in [3.8, 4) is 5.75 Å². The second-order valence-corrected chi connectivity index (χ2v) is 6.78. The van der Waals surface area contributed by atoms with Crippen LogP contribution in [0.2, 0.25) is 0 Å². The van der Waals surface area contributed by atoms with Crippen LogP contribution in [0.25, 0.3) is 10.8 Å². The summed E-state index contributed by atoms with van der Waals surface area (Å²) in [4.78, 5) is 0. The van der Waals surface area contributed by atoms with Crippen molar-refractivity contribution in [3.63, 3.8) is 0 Å². The largest absolute Gasteiger partial charge is 0.463 e. The van der Waals surface area contributed by atoms with E-state index in [9.17, 15) is 15.3 Å². The molecule has 1 aliphatic rings. The minimum Gasteiger partial charge on any atom is -0.463 e. The first-order valence-electron chi connectivity index (χ1n) is 7.86. The number of nitrogens with one attached hydrogen (secondary N) is 1. The van der Waals surface area contributed by atoms with Gasteiger partial charge in [0, 0.05) is 4.47 Å². The van der Waals surface area contributed by atoms with E-state index in [4.69, 9.17) is 14.6 Å². The van der Waals surface area contributed by atoms with Gasteiger partial charge in [0.05, 0.1) is 13.3 Å². The first kappa shape index (κ1) is 18.5. The fourth-order valence-electron chi connectivity index (χ4n) is 2.91. The number of benzene rings is 2. The first-order chi connectivity index (χ1) is 12.0. The standard InChI is InChI=1S/C17H20BrNO6/c18-11-3-1-10-6-12(4-2-9(10)5-11)24-17-14(19-8-21)16(23)15(22)13(7-20)25-17/h1-6,13-17,19-23H,7-8H2. The number of aliphatic hydroxyl groups is 4. The highest BCUT2D eigenvalue weighted by Crippen LogP contribution is 2.28. The van der Waals surface area contributed by atoms with Crippen molar-refractivity contribution in [3.05, 3.63) is 40.9 Å². The van der Waals surface area contributed by atoms with Crippen LogP contribution < -0.4 is 10.1 Å². The van der Waals surface area contributed by atoms with Crippen molar-refractivity contribution in [2.75, 3.05) is 13.3 Å². The van der Waals surface area contributed by atoms with E-state index in [1.165, 1.54) is 0 Å². The molecule has 136 valence electrons. The maximum absolute atomic E-state index is 10.2. The third-order valence-electron chi connectivity index (χ3n) is 4.23. The molecule has 0 aliphatic carbocycles. The van der Waals surface area contributed by atoms with Crippen molar-refractivity contribution in [2.24, 2.45) is 0 Å². The van der Waals surface area contributed by atoms with Crippen LogP contribution in [0.3, 0.4) is 0 Å². The van der Waals surface area contributed by atoms with Crippen molar-refractivity contribution in [1.82, 2.24) is 5.32 Å². The number of hydrogen-bond donors (Lipinski definition) is 5. The Bertz CT molecular complexity index is 729. The normalized spacial score (nSPS) is 29.7. The van der Waals surface area contributed by atoms with E-state index in [0.29, 0.717) is 5.75 Å². The van der Waals surface area contributed by atoms with Crippen LogP contribution in [-0.4, -0.2) is 64.4 Å². The molecule has 3 rings (SSSR count). The molecule has 5 unspecified atom stereocenters. The van der Waals surface area contributed by atoms with Crippen LogP contribution in [0.1, 0.15) is 0 Å². The zero-order chi connectivity index (χ0) is 18.0. The number of halogens is 1. The highest BCUT2D eigenvalue weighted by molar-refractivity contribution is 9.10. The van der Waals surface area contributed by atoms with E-state index in [2.05, 4.69) is 21.2 Å². The molecule has 0 spiro atoms. The van der Waals surface area contributed by atoms with Gasteiger partial charge in [-0.1, -0.05) is 28.1 Å². The van der Waals surface area contributed by atoms with Crippen LogP contribution in [0.5, 0.6) is 5.75 Å². The van der Waals surface area contributed by atoms with E-state index < -0.39 is 44.0 Å². The molecule has 1 heterocycles. The van der Waals surface area contributed by atoms with Crippen LogP contribution in [0, 0.1) is 0 Å². The predicted molar refractivity (Wildman–Crippen MR) is 94.0 cm³/mol. The molecule has 0 amide bonds. The Balaban J connectivity index is 1.84. The highest BCUT2D eigenvalue weighted by Gasteiger charge is 2.45. The summed E-state index contributed by atoms with van der Waals surface area (Å²) in [5, 5.41) is 43.3. The summed E-state index contributed by atoms with van der Waals surface area (Å²) in [6.07, 6.45) is -4.52. The van der Waals surface area contributed by atoms with Crippen LogP contribution >= 0.6 is 15.9 Å². The topological polar surface area (TPSA) is 111 Å². The van der Waals surface area contributed by atoms with Gasteiger partial charge in [-0.2, -0.15) is 0 Å². The predicted octanol–water partition coefficient (Wildman–Crippen LogP) is 0.328. The summed E-state index contributed by atoms with van der Waals surface area (Å²) in [6, 6.07) is 10.5. The molecule has 1 saturated heterocycles. The van der Waals surface area contributed by atoms with Crippen molar-refractivity contribution >= 4 is 26.7 Å². The molecule has 5 N–H and O–H groups in total. The van der Waals surface area contributed by atoms with Crippen molar-refractivity contribution in [2.45, 2.75) is 30.6 Å². The number of ether oxygens (including phenoxy) is 2. The van der Waals surface area contributed by atoms with Crippen molar-refractivity contribution in [1.29, 1.82) is 0 Å². The smallest absolute Gasteiger partial charge is 0.218 e. The van der Waals surface area contributed by atoms with Crippen LogP contribution in [0.15, 0.2) is 40.9 Å². The zero-order valence-electron chi connectivity index (χ0n) is 13.2. The highest BCUT2D eigenvalue weighted by atomic mass is 79.9. The quantitative estimate of drug-likeness (QED) is 0.449. The number of fused-ring (bicyclic) bond motifs is 1. The second-order valence-electron chi connectivity index (χ2n) is 5.87. The van der Waals surface area contributed by atoms with E-state index in [0.717, 1.165) is 15.2 Å². The Morgan fingerprint density at radius 2 is 1.76 bits per heavy atom.